The number of aryl methyl sites for hydroxylation is 1. The van der Waals surface area contributed by atoms with Crippen LogP contribution in [-0.4, -0.2) is 29.2 Å². The number of nitro groups is 1. The molecule has 0 aliphatic carbocycles. The van der Waals surface area contributed by atoms with E-state index in [4.69, 9.17) is 4.74 Å². The zero-order chi connectivity index (χ0) is 21.4. The number of carbonyl (C=O) groups excluding carboxylic acids is 3. The summed E-state index contributed by atoms with van der Waals surface area (Å²) in [7, 11) is 0. The van der Waals surface area contributed by atoms with Crippen molar-refractivity contribution in [1.29, 1.82) is 0 Å². The largest absolute Gasteiger partial charge is 0.457 e. The quantitative estimate of drug-likeness (QED) is 0.258. The van der Waals surface area contributed by atoms with Crippen molar-refractivity contribution in [3.05, 3.63) is 68.2 Å². The molecule has 0 aliphatic rings. The van der Waals surface area contributed by atoms with Gasteiger partial charge in [0.05, 0.1) is 4.92 Å². The first kappa shape index (κ1) is 22.2. The number of Topliss-reactive ketones (excluding diaryl/α,β-unsaturated/α-hetero) is 1. The number of ketones is 1. The number of hydrogen-bond acceptors (Lipinski definition) is 6. The van der Waals surface area contributed by atoms with E-state index < -0.39 is 23.3 Å². The first-order chi connectivity index (χ1) is 13.8. The van der Waals surface area contributed by atoms with E-state index in [1.54, 1.807) is 31.2 Å². The van der Waals surface area contributed by atoms with Gasteiger partial charge in [-0.2, -0.15) is 0 Å². The topological polar surface area (TPSA) is 116 Å². The van der Waals surface area contributed by atoms with E-state index in [1.807, 2.05) is 0 Å². The Balaban J connectivity index is 1.73. The van der Waals surface area contributed by atoms with Gasteiger partial charge < -0.3 is 10.1 Å². The van der Waals surface area contributed by atoms with Crippen molar-refractivity contribution in [1.82, 2.24) is 0 Å². The Bertz CT molecular complexity index is 927. The molecule has 0 radical (unpaired) electrons. The lowest BCUT2D eigenvalue weighted by molar-refractivity contribution is -0.385. The number of anilines is 1. The van der Waals surface area contributed by atoms with Crippen LogP contribution in [0, 0.1) is 17.0 Å². The van der Waals surface area contributed by atoms with Crippen molar-refractivity contribution < 1.29 is 24.0 Å². The van der Waals surface area contributed by atoms with Crippen LogP contribution in [-0.2, 0) is 14.3 Å². The number of halogens is 1. The summed E-state index contributed by atoms with van der Waals surface area (Å²) < 4.78 is 5.80. The fraction of sp³-hybridized carbons (Fsp3) is 0.250. The molecular weight excluding hydrogens is 444 g/mol. The number of benzene rings is 2. The molecule has 8 nitrogen and oxygen atoms in total. The minimum Gasteiger partial charge on any atom is -0.457 e. The molecule has 0 aliphatic heterocycles. The van der Waals surface area contributed by atoms with Gasteiger partial charge in [0.25, 0.3) is 5.69 Å². The predicted octanol–water partition coefficient (Wildman–Crippen LogP) is 4.20. The second kappa shape index (κ2) is 10.5. The molecular formula is C20H19BrN2O6. The van der Waals surface area contributed by atoms with Gasteiger partial charge in [0.1, 0.15) is 0 Å². The zero-order valence-electron chi connectivity index (χ0n) is 15.6. The van der Waals surface area contributed by atoms with Gasteiger partial charge in [-0.15, -0.1) is 0 Å². The second-order valence-corrected chi connectivity index (χ2v) is 7.17. The number of amides is 1. The van der Waals surface area contributed by atoms with E-state index in [0.717, 1.165) is 10.5 Å². The molecule has 0 bridgehead atoms. The fourth-order valence-corrected chi connectivity index (χ4v) is 2.70. The third-order valence-electron chi connectivity index (χ3n) is 4.00. The lowest BCUT2D eigenvalue weighted by Gasteiger charge is -2.06. The monoisotopic (exact) mass is 462 g/mol. The van der Waals surface area contributed by atoms with E-state index in [0.29, 0.717) is 11.3 Å². The summed E-state index contributed by atoms with van der Waals surface area (Å²) >= 11 is 3.30. The summed E-state index contributed by atoms with van der Waals surface area (Å²) in [5.41, 5.74) is 1.02. The summed E-state index contributed by atoms with van der Waals surface area (Å²) in [6.45, 7) is 1.06. The number of hydrogen-bond donors (Lipinski definition) is 1. The molecule has 1 amide bonds. The molecule has 2 rings (SSSR count). The second-order valence-electron chi connectivity index (χ2n) is 6.25. The molecule has 0 atom stereocenters. The Morgan fingerprint density at radius 3 is 2.45 bits per heavy atom. The molecule has 152 valence electrons. The number of rotatable bonds is 9. The third-order valence-corrected chi connectivity index (χ3v) is 4.53. The normalized spacial score (nSPS) is 10.3. The Morgan fingerprint density at radius 2 is 1.79 bits per heavy atom. The average molecular weight is 463 g/mol. The van der Waals surface area contributed by atoms with Crippen LogP contribution >= 0.6 is 15.9 Å². The van der Waals surface area contributed by atoms with Crippen molar-refractivity contribution in [2.75, 3.05) is 11.9 Å². The Morgan fingerprint density at radius 1 is 1.10 bits per heavy atom. The number of nitrogens with one attached hydrogen (secondary N) is 1. The number of nitro benzene ring substituents is 1. The molecule has 0 fully saturated rings. The van der Waals surface area contributed by atoms with Gasteiger partial charge in [0.2, 0.25) is 11.7 Å². The SMILES string of the molecule is Cc1ccc(C(=O)COC(=O)CCCC(=O)Nc2ccc(Br)cc2)cc1[N+](=O)[O-]. The van der Waals surface area contributed by atoms with Crippen LogP contribution in [0.25, 0.3) is 0 Å². The van der Waals surface area contributed by atoms with Crippen LogP contribution in [0.1, 0.15) is 35.2 Å². The summed E-state index contributed by atoms with van der Waals surface area (Å²) in [5.74, 6) is -1.38. The molecule has 0 spiro atoms. The number of carbonyl (C=O) groups is 3. The molecule has 0 heterocycles. The van der Waals surface area contributed by atoms with Crippen LogP contribution in [0.2, 0.25) is 0 Å². The molecule has 0 aromatic heterocycles. The van der Waals surface area contributed by atoms with E-state index in [1.165, 1.54) is 12.1 Å². The van der Waals surface area contributed by atoms with Gasteiger partial charge in [-0.05, 0) is 37.6 Å². The fourth-order valence-electron chi connectivity index (χ4n) is 2.43. The molecule has 0 saturated heterocycles. The van der Waals surface area contributed by atoms with Gasteiger partial charge in [-0.1, -0.05) is 28.1 Å². The maximum absolute atomic E-state index is 12.1. The minimum absolute atomic E-state index is 0.0188. The van der Waals surface area contributed by atoms with Crippen LogP contribution < -0.4 is 5.32 Å². The highest BCUT2D eigenvalue weighted by Crippen LogP contribution is 2.19. The lowest BCUT2D eigenvalue weighted by atomic mass is 10.1. The molecule has 2 aromatic rings. The van der Waals surface area contributed by atoms with E-state index in [9.17, 15) is 24.5 Å². The van der Waals surface area contributed by atoms with E-state index >= 15 is 0 Å². The lowest BCUT2D eigenvalue weighted by Crippen LogP contribution is -2.15. The Kier molecular flexibility index (Phi) is 8.02. The number of esters is 1. The van der Waals surface area contributed by atoms with E-state index in [2.05, 4.69) is 21.2 Å². The molecule has 29 heavy (non-hydrogen) atoms. The maximum atomic E-state index is 12.1. The summed E-state index contributed by atoms with van der Waals surface area (Å²) in [5, 5.41) is 13.7. The Hall–Kier alpha value is -3.07. The average Bonchev–Trinajstić information content (AvgIpc) is 2.68. The maximum Gasteiger partial charge on any atom is 0.306 e. The Labute approximate surface area is 175 Å². The van der Waals surface area contributed by atoms with Crippen LogP contribution in [0.4, 0.5) is 11.4 Å². The van der Waals surface area contributed by atoms with Crippen molar-refractivity contribution >= 4 is 45.0 Å². The van der Waals surface area contributed by atoms with Crippen molar-refractivity contribution in [2.24, 2.45) is 0 Å². The minimum atomic E-state index is -0.614. The van der Waals surface area contributed by atoms with Gasteiger partial charge in [-0.25, -0.2) is 0 Å². The van der Waals surface area contributed by atoms with E-state index in [-0.39, 0.29) is 36.4 Å². The molecule has 0 unspecified atom stereocenters. The summed E-state index contributed by atoms with van der Waals surface area (Å²) in [4.78, 5) is 46.1. The van der Waals surface area contributed by atoms with Gasteiger partial charge >= 0.3 is 5.97 Å². The number of nitrogens with zero attached hydrogens (tertiary/aromatic N) is 1. The zero-order valence-corrected chi connectivity index (χ0v) is 17.2. The highest BCUT2D eigenvalue weighted by atomic mass is 79.9. The summed E-state index contributed by atoms with van der Waals surface area (Å²) in [6, 6.07) is 11.2. The smallest absolute Gasteiger partial charge is 0.306 e. The standard InChI is InChI=1S/C20H19BrN2O6/c1-13-5-6-14(11-17(13)23(27)28)18(24)12-29-20(26)4-2-3-19(25)22-16-9-7-15(21)8-10-16/h5-11H,2-4,12H2,1H3,(H,22,25). The van der Waals surface area contributed by atoms with Gasteiger partial charge in [-0.3, -0.25) is 24.5 Å². The first-order valence-electron chi connectivity index (χ1n) is 8.75. The first-order valence-corrected chi connectivity index (χ1v) is 9.55. The van der Waals surface area contributed by atoms with Gasteiger partial charge in [0.15, 0.2) is 6.61 Å². The molecule has 9 heteroatoms. The number of ether oxygens (including phenoxy) is 1. The van der Waals surface area contributed by atoms with Crippen molar-refractivity contribution in [3.8, 4) is 0 Å². The van der Waals surface area contributed by atoms with Crippen LogP contribution in [0.3, 0.4) is 0 Å². The highest BCUT2D eigenvalue weighted by molar-refractivity contribution is 9.10. The van der Waals surface area contributed by atoms with Crippen molar-refractivity contribution in [2.45, 2.75) is 26.2 Å². The molecule has 2 aromatic carbocycles. The van der Waals surface area contributed by atoms with Crippen LogP contribution in [0.5, 0.6) is 0 Å². The van der Waals surface area contributed by atoms with Crippen molar-refractivity contribution in [3.63, 3.8) is 0 Å². The molecule has 1 N–H and O–H groups in total. The summed E-state index contributed by atoms with van der Waals surface area (Å²) in [6.07, 6.45) is 0.379. The van der Waals surface area contributed by atoms with Crippen LogP contribution in [0.15, 0.2) is 46.9 Å². The third kappa shape index (κ3) is 7.11. The molecule has 0 saturated carbocycles. The van der Waals surface area contributed by atoms with Gasteiger partial charge in [0, 0.05) is 40.2 Å². The highest BCUT2D eigenvalue weighted by Gasteiger charge is 2.16. The predicted molar refractivity (Wildman–Crippen MR) is 110 cm³/mol.